The van der Waals surface area contributed by atoms with Crippen molar-refractivity contribution in [2.75, 3.05) is 18.9 Å². The van der Waals surface area contributed by atoms with Gasteiger partial charge in [-0.05, 0) is 24.5 Å². The van der Waals surface area contributed by atoms with E-state index in [-0.39, 0.29) is 5.60 Å². The van der Waals surface area contributed by atoms with Crippen LogP contribution in [0.5, 0.6) is 0 Å². The van der Waals surface area contributed by atoms with Crippen LogP contribution in [0.15, 0.2) is 0 Å². The van der Waals surface area contributed by atoms with E-state index in [1.54, 1.807) is 0 Å². The first-order valence-corrected chi connectivity index (χ1v) is 7.35. The van der Waals surface area contributed by atoms with Gasteiger partial charge in [0.1, 0.15) is 0 Å². The van der Waals surface area contributed by atoms with Crippen LogP contribution < -0.4 is 5.32 Å². The summed E-state index contributed by atoms with van der Waals surface area (Å²) in [4.78, 5) is 0. The molecule has 3 atom stereocenters. The highest BCUT2D eigenvalue weighted by Gasteiger charge is 2.50. The second-order valence-electron chi connectivity index (χ2n) is 5.25. The van der Waals surface area contributed by atoms with E-state index in [0.717, 1.165) is 19.1 Å². The molecule has 2 saturated heterocycles. The van der Waals surface area contributed by atoms with Crippen molar-refractivity contribution in [3.8, 4) is 0 Å². The highest BCUT2D eigenvalue weighted by Crippen LogP contribution is 2.46. The van der Waals surface area contributed by atoms with Gasteiger partial charge in [0.25, 0.3) is 0 Å². The molecular formula is C12H21NOS. The van der Waals surface area contributed by atoms with E-state index in [1.807, 2.05) is 0 Å². The van der Waals surface area contributed by atoms with Gasteiger partial charge in [-0.2, -0.15) is 11.8 Å². The molecule has 0 aromatic carbocycles. The number of thioether (sulfide) groups is 1. The summed E-state index contributed by atoms with van der Waals surface area (Å²) in [5.74, 6) is 2.28. The van der Waals surface area contributed by atoms with Crippen molar-refractivity contribution in [2.45, 2.75) is 49.5 Å². The number of morpholine rings is 1. The summed E-state index contributed by atoms with van der Waals surface area (Å²) in [6.07, 6.45) is 5.51. The fraction of sp³-hybridized carbons (Fsp3) is 1.00. The zero-order valence-electron chi connectivity index (χ0n) is 9.50. The molecule has 1 aliphatic carbocycles. The number of rotatable bonds is 2. The summed E-state index contributed by atoms with van der Waals surface area (Å²) in [6, 6.07) is 0.628. The highest BCUT2D eigenvalue weighted by molar-refractivity contribution is 8.00. The zero-order chi connectivity index (χ0) is 10.3. The van der Waals surface area contributed by atoms with Crippen LogP contribution >= 0.6 is 11.8 Å². The smallest absolute Gasteiger partial charge is 0.0958 e. The molecule has 1 spiro atoms. The third kappa shape index (κ3) is 1.83. The van der Waals surface area contributed by atoms with Crippen LogP contribution in [0.1, 0.15) is 32.6 Å². The normalized spacial score (nSPS) is 46.2. The van der Waals surface area contributed by atoms with Gasteiger partial charge in [-0.3, -0.25) is 0 Å². The number of nitrogens with one attached hydrogen (secondary N) is 1. The van der Waals surface area contributed by atoms with E-state index in [4.69, 9.17) is 4.74 Å². The minimum Gasteiger partial charge on any atom is -0.371 e. The van der Waals surface area contributed by atoms with Crippen LogP contribution in [0.2, 0.25) is 0 Å². The summed E-state index contributed by atoms with van der Waals surface area (Å²) in [7, 11) is 0. The Bertz CT molecular complexity index is 244. The van der Waals surface area contributed by atoms with Crippen LogP contribution in [0.4, 0.5) is 0 Å². The Kier molecular flexibility index (Phi) is 2.74. The van der Waals surface area contributed by atoms with Gasteiger partial charge in [0.05, 0.1) is 12.2 Å². The second-order valence-corrected chi connectivity index (χ2v) is 6.70. The lowest BCUT2D eigenvalue weighted by molar-refractivity contribution is -0.0953. The predicted octanol–water partition coefficient (Wildman–Crippen LogP) is 2.04. The Morgan fingerprint density at radius 3 is 3.00 bits per heavy atom. The van der Waals surface area contributed by atoms with Gasteiger partial charge >= 0.3 is 0 Å². The molecule has 3 unspecified atom stereocenters. The van der Waals surface area contributed by atoms with Crippen LogP contribution in [-0.4, -0.2) is 35.8 Å². The molecule has 0 amide bonds. The second kappa shape index (κ2) is 3.94. The minimum absolute atomic E-state index is 0.172. The highest BCUT2D eigenvalue weighted by atomic mass is 32.2. The van der Waals surface area contributed by atoms with E-state index >= 15 is 0 Å². The van der Waals surface area contributed by atoms with E-state index in [0.29, 0.717) is 11.3 Å². The maximum atomic E-state index is 6.20. The third-order valence-corrected chi connectivity index (χ3v) is 5.61. The fourth-order valence-corrected chi connectivity index (χ4v) is 4.53. The SMILES string of the molecule is CC1SCCC12OCCNC2CC1CC1. The summed E-state index contributed by atoms with van der Waals surface area (Å²) in [6.45, 7) is 4.31. The quantitative estimate of drug-likeness (QED) is 0.780. The molecular weight excluding hydrogens is 206 g/mol. The van der Waals surface area contributed by atoms with Crippen LogP contribution in [0, 0.1) is 5.92 Å². The molecule has 3 rings (SSSR count). The van der Waals surface area contributed by atoms with Crippen molar-refractivity contribution < 1.29 is 4.74 Å². The molecule has 3 fully saturated rings. The van der Waals surface area contributed by atoms with Gasteiger partial charge in [0.15, 0.2) is 0 Å². The van der Waals surface area contributed by atoms with Gasteiger partial charge in [0.2, 0.25) is 0 Å². The van der Waals surface area contributed by atoms with Crippen LogP contribution in [-0.2, 0) is 4.74 Å². The molecule has 3 aliphatic rings. The molecule has 2 aliphatic heterocycles. The lowest BCUT2D eigenvalue weighted by atomic mass is 9.84. The lowest BCUT2D eigenvalue weighted by Crippen LogP contribution is -2.60. The van der Waals surface area contributed by atoms with Crippen LogP contribution in [0.25, 0.3) is 0 Å². The molecule has 3 heteroatoms. The summed E-state index contributed by atoms with van der Waals surface area (Å²) >= 11 is 2.09. The predicted molar refractivity (Wildman–Crippen MR) is 64.4 cm³/mol. The zero-order valence-corrected chi connectivity index (χ0v) is 10.3. The molecule has 0 bridgehead atoms. The van der Waals surface area contributed by atoms with Crippen molar-refractivity contribution in [1.82, 2.24) is 5.32 Å². The molecule has 0 radical (unpaired) electrons. The van der Waals surface area contributed by atoms with Crippen molar-refractivity contribution in [1.29, 1.82) is 0 Å². The average Bonchev–Trinajstić information content (AvgIpc) is 2.98. The number of ether oxygens (including phenoxy) is 1. The molecule has 0 aromatic rings. The van der Waals surface area contributed by atoms with Crippen molar-refractivity contribution in [2.24, 2.45) is 5.92 Å². The summed E-state index contributed by atoms with van der Waals surface area (Å²) < 4.78 is 6.20. The Morgan fingerprint density at radius 1 is 1.47 bits per heavy atom. The Hall–Kier alpha value is 0.270. The maximum absolute atomic E-state index is 6.20. The van der Waals surface area contributed by atoms with Gasteiger partial charge in [-0.1, -0.05) is 19.8 Å². The molecule has 86 valence electrons. The van der Waals surface area contributed by atoms with Crippen LogP contribution in [0.3, 0.4) is 0 Å². The molecule has 2 heterocycles. The Labute approximate surface area is 96.5 Å². The van der Waals surface area contributed by atoms with Gasteiger partial charge < -0.3 is 10.1 Å². The maximum Gasteiger partial charge on any atom is 0.0958 e. The van der Waals surface area contributed by atoms with E-state index in [9.17, 15) is 0 Å². The molecule has 1 saturated carbocycles. The lowest BCUT2D eigenvalue weighted by Gasteiger charge is -2.44. The molecule has 15 heavy (non-hydrogen) atoms. The number of hydrogen-bond acceptors (Lipinski definition) is 3. The van der Waals surface area contributed by atoms with E-state index in [2.05, 4.69) is 24.0 Å². The third-order valence-electron chi connectivity index (χ3n) is 4.27. The standard InChI is InChI=1S/C12H21NOS/c1-9-12(4-7-15-9)11(8-10-2-3-10)13-5-6-14-12/h9-11,13H,2-8H2,1H3. The van der Waals surface area contributed by atoms with Gasteiger partial charge in [-0.25, -0.2) is 0 Å². The first kappa shape index (κ1) is 10.4. The van der Waals surface area contributed by atoms with E-state index in [1.165, 1.54) is 31.4 Å². The summed E-state index contributed by atoms with van der Waals surface area (Å²) in [5.41, 5.74) is 0.172. The first-order valence-electron chi connectivity index (χ1n) is 6.30. The van der Waals surface area contributed by atoms with E-state index < -0.39 is 0 Å². The van der Waals surface area contributed by atoms with Gasteiger partial charge in [0, 0.05) is 17.8 Å². The Balaban J connectivity index is 1.75. The minimum atomic E-state index is 0.172. The largest absolute Gasteiger partial charge is 0.371 e. The van der Waals surface area contributed by atoms with Crippen molar-refractivity contribution in [3.05, 3.63) is 0 Å². The topological polar surface area (TPSA) is 21.3 Å². The average molecular weight is 227 g/mol. The molecule has 0 aromatic heterocycles. The summed E-state index contributed by atoms with van der Waals surface area (Å²) in [5, 5.41) is 4.39. The number of hydrogen-bond donors (Lipinski definition) is 1. The van der Waals surface area contributed by atoms with Crippen molar-refractivity contribution in [3.63, 3.8) is 0 Å². The Morgan fingerprint density at radius 2 is 2.33 bits per heavy atom. The van der Waals surface area contributed by atoms with Crippen molar-refractivity contribution >= 4 is 11.8 Å². The molecule has 1 N–H and O–H groups in total. The first-order chi connectivity index (χ1) is 7.31. The van der Waals surface area contributed by atoms with Gasteiger partial charge in [-0.15, -0.1) is 0 Å². The monoisotopic (exact) mass is 227 g/mol. The fourth-order valence-electron chi connectivity index (χ4n) is 3.10. The molecule has 2 nitrogen and oxygen atoms in total.